The maximum atomic E-state index is 13.2. The van der Waals surface area contributed by atoms with Gasteiger partial charge in [-0.3, -0.25) is 9.59 Å². The van der Waals surface area contributed by atoms with Crippen LogP contribution in [0.4, 0.5) is 26.3 Å². The number of alkyl halides is 6. The molecule has 3 aliphatic carbocycles. The monoisotopic (exact) mass is 498 g/mol. The fourth-order valence-corrected chi connectivity index (χ4v) is 5.27. The molecule has 0 aromatic rings. The largest absolute Gasteiger partial charge is 0.462 e. The number of hydrogen-bond acceptors (Lipinski definition) is 4. The van der Waals surface area contributed by atoms with Crippen LogP contribution in [0.25, 0.3) is 0 Å². The van der Waals surface area contributed by atoms with Crippen LogP contribution >= 0.6 is 0 Å². The Hall–Kier alpha value is -1.74. The van der Waals surface area contributed by atoms with E-state index in [1.54, 1.807) is 6.08 Å². The van der Waals surface area contributed by atoms with Crippen LogP contribution in [-0.4, -0.2) is 36.5 Å². The molecule has 0 aromatic carbocycles. The number of carbonyl (C=O) groups is 2. The summed E-state index contributed by atoms with van der Waals surface area (Å²) in [6.45, 7) is 0. The summed E-state index contributed by atoms with van der Waals surface area (Å²) in [5.41, 5.74) is 0. The fourth-order valence-electron chi connectivity index (χ4n) is 5.27. The number of rotatable bonds is 4. The molecule has 0 bridgehead atoms. The van der Waals surface area contributed by atoms with Gasteiger partial charge in [0.1, 0.15) is 12.2 Å². The van der Waals surface area contributed by atoms with Crippen molar-refractivity contribution in [1.82, 2.24) is 0 Å². The quantitative estimate of drug-likeness (QED) is 0.188. The molecule has 0 radical (unpaired) electrons. The van der Waals surface area contributed by atoms with Gasteiger partial charge in [0.05, 0.1) is 23.7 Å². The molecule has 0 amide bonds. The van der Waals surface area contributed by atoms with Gasteiger partial charge in [0.15, 0.2) is 0 Å². The van der Waals surface area contributed by atoms with Crippen molar-refractivity contribution in [2.75, 3.05) is 0 Å². The van der Waals surface area contributed by atoms with Gasteiger partial charge in [-0.25, -0.2) is 0 Å². The maximum Gasteiger partial charge on any atom is 0.391 e. The van der Waals surface area contributed by atoms with Gasteiger partial charge in [0.25, 0.3) is 0 Å². The zero-order chi connectivity index (χ0) is 24.9. The molecule has 34 heavy (non-hydrogen) atoms. The van der Waals surface area contributed by atoms with E-state index in [4.69, 9.17) is 9.47 Å². The lowest BCUT2D eigenvalue weighted by Crippen LogP contribution is -2.37. The summed E-state index contributed by atoms with van der Waals surface area (Å²) in [5, 5.41) is 0. The molecule has 2 saturated carbocycles. The van der Waals surface area contributed by atoms with E-state index in [0.29, 0.717) is 44.9 Å². The highest BCUT2D eigenvalue weighted by Crippen LogP contribution is 2.40. The van der Waals surface area contributed by atoms with Crippen LogP contribution in [0.3, 0.4) is 0 Å². The van der Waals surface area contributed by atoms with Crippen LogP contribution in [0.2, 0.25) is 0 Å². The summed E-state index contributed by atoms with van der Waals surface area (Å²) in [4.78, 5) is 25.8. The minimum Gasteiger partial charge on any atom is -0.462 e. The summed E-state index contributed by atoms with van der Waals surface area (Å²) in [6.07, 6.45) is -4.65. The highest BCUT2D eigenvalue weighted by atomic mass is 19.4. The smallest absolute Gasteiger partial charge is 0.391 e. The highest BCUT2D eigenvalue weighted by molar-refractivity contribution is 5.84. The zero-order valence-corrected chi connectivity index (χ0v) is 19.0. The summed E-state index contributed by atoms with van der Waals surface area (Å²) >= 11 is 0. The summed E-state index contributed by atoms with van der Waals surface area (Å²) in [6, 6.07) is 0. The van der Waals surface area contributed by atoms with E-state index in [9.17, 15) is 35.9 Å². The van der Waals surface area contributed by atoms with Crippen molar-refractivity contribution in [1.29, 1.82) is 0 Å². The number of carbonyl (C=O) groups excluding carboxylic acids is 2. The normalized spacial score (nSPS) is 33.5. The highest BCUT2D eigenvalue weighted by Gasteiger charge is 2.45. The first kappa shape index (κ1) is 26.9. The lowest BCUT2D eigenvalue weighted by atomic mass is 9.83. The third-order valence-electron chi connectivity index (χ3n) is 7.24. The van der Waals surface area contributed by atoms with Crippen molar-refractivity contribution in [3.63, 3.8) is 0 Å². The predicted molar refractivity (Wildman–Crippen MR) is 110 cm³/mol. The summed E-state index contributed by atoms with van der Waals surface area (Å²) in [7, 11) is 0. The van der Waals surface area contributed by atoms with E-state index >= 15 is 0 Å². The van der Waals surface area contributed by atoms with Crippen LogP contribution in [-0.2, 0) is 19.1 Å². The number of hydrogen-bond donors (Lipinski definition) is 0. The molecule has 194 valence electrons. The van der Waals surface area contributed by atoms with Crippen molar-refractivity contribution in [2.45, 2.75) is 102 Å². The Kier molecular flexibility index (Phi) is 8.95. The van der Waals surface area contributed by atoms with Crippen LogP contribution < -0.4 is 0 Å². The fraction of sp³-hybridized carbons (Fsp3) is 0.833. The molecule has 0 spiro atoms. The molecule has 0 aliphatic heterocycles. The second kappa shape index (κ2) is 11.3. The van der Waals surface area contributed by atoms with Crippen LogP contribution in [0, 0.1) is 23.7 Å². The molecular weight excluding hydrogens is 466 g/mol. The van der Waals surface area contributed by atoms with Gasteiger partial charge < -0.3 is 9.47 Å². The van der Waals surface area contributed by atoms with Crippen molar-refractivity contribution in [2.24, 2.45) is 23.7 Å². The van der Waals surface area contributed by atoms with Crippen LogP contribution in [0.15, 0.2) is 12.2 Å². The Bertz CT molecular complexity index is 732. The third kappa shape index (κ3) is 7.38. The maximum absolute atomic E-state index is 13.2. The Morgan fingerprint density at radius 1 is 0.676 bits per heavy atom. The average Bonchev–Trinajstić information content (AvgIpc) is 3.14. The van der Waals surface area contributed by atoms with E-state index < -0.39 is 60.2 Å². The third-order valence-corrected chi connectivity index (χ3v) is 7.24. The summed E-state index contributed by atoms with van der Waals surface area (Å²) < 4.78 is 90.3. The standard InChI is InChI=1S/C24H32F6O4/c25-23(26,27)15-7-1-3-9-17(13-15)33-21(31)19-11-5-6-12-20(19)22(32)34-18-10-4-2-8-16(14-18)24(28,29)30/h5,11,15-20H,1-4,6-10,12-14H2. The number of esters is 2. The van der Waals surface area contributed by atoms with Crippen molar-refractivity contribution >= 4 is 11.9 Å². The van der Waals surface area contributed by atoms with Gasteiger partial charge in [-0.05, 0) is 64.2 Å². The van der Waals surface area contributed by atoms with Gasteiger partial charge in [-0.1, -0.05) is 25.0 Å². The Balaban J connectivity index is 1.62. The van der Waals surface area contributed by atoms with Gasteiger partial charge >= 0.3 is 24.3 Å². The van der Waals surface area contributed by atoms with Crippen LogP contribution in [0.5, 0.6) is 0 Å². The van der Waals surface area contributed by atoms with Gasteiger partial charge in [-0.15, -0.1) is 0 Å². The molecule has 3 aliphatic rings. The second-order valence-corrected chi connectivity index (χ2v) is 9.77. The van der Waals surface area contributed by atoms with Gasteiger partial charge in [0, 0.05) is 0 Å². The first-order valence-corrected chi connectivity index (χ1v) is 12.2. The average molecular weight is 499 g/mol. The molecule has 0 saturated heterocycles. The van der Waals surface area contributed by atoms with Crippen LogP contribution in [0.1, 0.15) is 77.0 Å². The Labute approximate surface area is 195 Å². The minimum absolute atomic E-state index is 0.00102. The molecule has 6 unspecified atom stereocenters. The molecule has 4 nitrogen and oxygen atoms in total. The minimum atomic E-state index is -4.36. The van der Waals surface area contributed by atoms with E-state index in [1.165, 1.54) is 6.08 Å². The topological polar surface area (TPSA) is 52.6 Å². The number of ether oxygens (including phenoxy) is 2. The number of allylic oxidation sites excluding steroid dienone is 1. The van der Waals surface area contributed by atoms with E-state index in [2.05, 4.69) is 0 Å². The molecule has 3 rings (SSSR count). The Morgan fingerprint density at radius 3 is 1.65 bits per heavy atom. The lowest BCUT2D eigenvalue weighted by Gasteiger charge is -2.29. The van der Waals surface area contributed by atoms with Gasteiger partial charge in [-0.2, -0.15) is 26.3 Å². The summed E-state index contributed by atoms with van der Waals surface area (Å²) in [5.74, 6) is -6.52. The SMILES string of the molecule is O=C(OC1CCCCC(C(F)(F)F)C1)C1C=CCCC1C(=O)OC1CCCCC(C(F)(F)F)C1. The molecule has 0 aromatic heterocycles. The van der Waals surface area contributed by atoms with Crippen molar-refractivity contribution < 1.29 is 45.4 Å². The number of halogens is 6. The zero-order valence-electron chi connectivity index (χ0n) is 19.0. The molecule has 0 heterocycles. The van der Waals surface area contributed by atoms with Gasteiger partial charge in [0.2, 0.25) is 0 Å². The van der Waals surface area contributed by atoms with E-state index in [0.717, 1.165) is 0 Å². The predicted octanol–water partition coefficient (Wildman–Crippen LogP) is 6.68. The second-order valence-electron chi connectivity index (χ2n) is 9.77. The van der Waals surface area contributed by atoms with Crippen molar-refractivity contribution in [3.8, 4) is 0 Å². The Morgan fingerprint density at radius 2 is 1.15 bits per heavy atom. The first-order valence-electron chi connectivity index (χ1n) is 12.2. The first-order chi connectivity index (χ1) is 15.9. The molecule has 0 N–H and O–H groups in total. The molecule has 10 heteroatoms. The molecular formula is C24H32F6O4. The lowest BCUT2D eigenvalue weighted by molar-refractivity contribution is -0.189. The van der Waals surface area contributed by atoms with E-state index in [1.807, 2.05) is 0 Å². The molecule has 2 fully saturated rings. The van der Waals surface area contributed by atoms with E-state index in [-0.39, 0.29) is 32.1 Å². The van der Waals surface area contributed by atoms with Crippen molar-refractivity contribution in [3.05, 3.63) is 12.2 Å². The molecule has 6 atom stereocenters.